The van der Waals surface area contributed by atoms with Gasteiger partial charge in [-0.1, -0.05) is 34.6 Å². The van der Waals surface area contributed by atoms with Gasteiger partial charge in [-0.25, -0.2) is 8.42 Å². The molecule has 1 aromatic rings. The molecule has 0 aromatic heterocycles. The molecule has 0 aliphatic heterocycles. The Balaban J connectivity index is 3.36. The number of benzene rings is 1. The number of hydrogen-bond donors (Lipinski definition) is 1. The van der Waals surface area contributed by atoms with Crippen molar-refractivity contribution in [2.24, 2.45) is 0 Å². The van der Waals surface area contributed by atoms with Gasteiger partial charge in [-0.2, -0.15) is 0 Å². The molecule has 2 N–H and O–H groups in total. The lowest BCUT2D eigenvalue weighted by molar-refractivity contribution is 0.593. The fraction of sp³-hybridized carbons (Fsp3) is 0.273. The number of hydrogen-bond acceptors (Lipinski definition) is 3. The number of nitrogens with zero attached hydrogens (tertiary/aromatic N) is 1. The molecule has 0 bridgehead atoms. The molecule has 6 heteroatoms. The van der Waals surface area contributed by atoms with Crippen molar-refractivity contribution in [3.05, 3.63) is 35.3 Å². The molecule has 1 aromatic carbocycles. The highest BCUT2D eigenvalue weighted by Crippen LogP contribution is 2.30. The average molecular weight is 319 g/mol. The molecule has 0 amide bonds. The maximum absolute atomic E-state index is 11.8. The quantitative estimate of drug-likeness (QED) is 0.867. The van der Waals surface area contributed by atoms with Crippen LogP contribution in [0.15, 0.2) is 35.3 Å². The summed E-state index contributed by atoms with van der Waals surface area (Å²) in [5.41, 5.74) is 6.68. The second-order valence-corrected chi connectivity index (χ2v) is 6.62. The maximum Gasteiger partial charge on any atom is 0.232 e. The smallest absolute Gasteiger partial charge is 0.232 e. The summed E-state index contributed by atoms with van der Waals surface area (Å²) in [4.78, 5) is 0. The molecule has 0 fully saturated rings. The van der Waals surface area contributed by atoms with Crippen molar-refractivity contribution >= 4 is 37.3 Å². The summed E-state index contributed by atoms with van der Waals surface area (Å²) in [5.74, 6) is 0. The van der Waals surface area contributed by atoms with E-state index in [-0.39, 0.29) is 0 Å². The Labute approximate surface area is 110 Å². The molecule has 0 radical (unpaired) electrons. The second kappa shape index (κ2) is 5.10. The van der Waals surface area contributed by atoms with Gasteiger partial charge in [0.05, 0.1) is 23.7 Å². The van der Waals surface area contributed by atoms with Gasteiger partial charge in [0, 0.05) is 4.48 Å². The van der Waals surface area contributed by atoms with Gasteiger partial charge in [-0.15, -0.1) is 0 Å². The number of nitrogen functional groups attached to an aromatic ring is 1. The Morgan fingerprint density at radius 2 is 2.00 bits per heavy atom. The topological polar surface area (TPSA) is 63.4 Å². The van der Waals surface area contributed by atoms with Crippen LogP contribution in [0.4, 0.5) is 11.4 Å². The Morgan fingerprint density at radius 1 is 1.47 bits per heavy atom. The van der Waals surface area contributed by atoms with Gasteiger partial charge in [0.2, 0.25) is 10.0 Å². The van der Waals surface area contributed by atoms with Gasteiger partial charge in [-0.3, -0.25) is 4.31 Å². The van der Waals surface area contributed by atoms with Crippen LogP contribution in [-0.4, -0.2) is 20.7 Å². The molecule has 0 saturated heterocycles. The predicted molar refractivity (Wildman–Crippen MR) is 75.7 cm³/mol. The van der Waals surface area contributed by atoms with Crippen LogP contribution in [-0.2, 0) is 10.0 Å². The van der Waals surface area contributed by atoms with Crippen molar-refractivity contribution in [2.45, 2.75) is 13.0 Å². The minimum atomic E-state index is -3.42. The molecule has 0 heterocycles. The number of para-hydroxylation sites is 2. The zero-order valence-electron chi connectivity index (χ0n) is 9.72. The molecule has 0 spiro atoms. The zero-order valence-corrected chi connectivity index (χ0v) is 12.1. The van der Waals surface area contributed by atoms with E-state index in [1.54, 1.807) is 31.2 Å². The first kappa shape index (κ1) is 14.1. The van der Waals surface area contributed by atoms with E-state index >= 15 is 0 Å². The molecule has 1 rings (SSSR count). The second-order valence-electron chi connectivity index (χ2n) is 3.74. The monoisotopic (exact) mass is 318 g/mol. The molecule has 4 nitrogen and oxygen atoms in total. The van der Waals surface area contributed by atoms with E-state index in [1.807, 2.05) is 0 Å². The van der Waals surface area contributed by atoms with Gasteiger partial charge in [0.1, 0.15) is 0 Å². The SMILES string of the molecule is C=C(Br)C(C)N(c1ccccc1N)S(C)(=O)=O. The lowest BCUT2D eigenvalue weighted by Crippen LogP contribution is -2.38. The van der Waals surface area contributed by atoms with E-state index < -0.39 is 16.1 Å². The summed E-state index contributed by atoms with van der Waals surface area (Å²) in [7, 11) is -3.42. The maximum atomic E-state index is 11.8. The lowest BCUT2D eigenvalue weighted by Gasteiger charge is -2.29. The van der Waals surface area contributed by atoms with Crippen molar-refractivity contribution in [2.75, 3.05) is 16.3 Å². The summed E-state index contributed by atoms with van der Waals surface area (Å²) in [6.45, 7) is 5.46. The number of rotatable bonds is 4. The molecular weight excluding hydrogens is 304 g/mol. The van der Waals surface area contributed by atoms with Gasteiger partial charge in [0.15, 0.2) is 0 Å². The predicted octanol–water partition coefficient (Wildman–Crippen LogP) is 2.33. The van der Waals surface area contributed by atoms with Crippen LogP contribution in [0.25, 0.3) is 0 Å². The van der Waals surface area contributed by atoms with Crippen LogP contribution in [0, 0.1) is 0 Å². The fourth-order valence-corrected chi connectivity index (χ4v) is 3.06. The number of anilines is 2. The van der Waals surface area contributed by atoms with E-state index in [0.717, 1.165) is 6.26 Å². The lowest BCUT2D eigenvalue weighted by atomic mass is 10.2. The summed E-state index contributed by atoms with van der Waals surface area (Å²) in [6.07, 6.45) is 1.14. The van der Waals surface area contributed by atoms with Crippen molar-refractivity contribution in [3.8, 4) is 0 Å². The first-order valence-corrected chi connectivity index (χ1v) is 7.57. The van der Waals surface area contributed by atoms with Crippen LogP contribution < -0.4 is 10.0 Å². The van der Waals surface area contributed by atoms with Gasteiger partial charge in [-0.05, 0) is 19.1 Å². The Kier molecular flexibility index (Phi) is 4.21. The standard InChI is InChI=1S/C11H15BrN2O2S/c1-8(12)9(2)14(17(3,15)16)11-7-5-4-6-10(11)13/h4-7,9H,1,13H2,2-3H3. The molecule has 0 saturated carbocycles. The van der Waals surface area contributed by atoms with Crippen LogP contribution in [0.5, 0.6) is 0 Å². The highest BCUT2D eigenvalue weighted by atomic mass is 79.9. The largest absolute Gasteiger partial charge is 0.397 e. The van der Waals surface area contributed by atoms with Crippen LogP contribution in [0.3, 0.4) is 0 Å². The Hall–Kier alpha value is -1.01. The highest BCUT2D eigenvalue weighted by molar-refractivity contribution is 9.11. The van der Waals surface area contributed by atoms with Crippen molar-refractivity contribution in [1.29, 1.82) is 0 Å². The van der Waals surface area contributed by atoms with E-state index in [9.17, 15) is 8.42 Å². The molecule has 94 valence electrons. The van der Waals surface area contributed by atoms with E-state index in [0.29, 0.717) is 15.9 Å². The molecule has 17 heavy (non-hydrogen) atoms. The Morgan fingerprint density at radius 3 is 2.41 bits per heavy atom. The zero-order chi connectivity index (χ0) is 13.2. The normalized spacial score (nSPS) is 13.1. The summed E-state index contributed by atoms with van der Waals surface area (Å²) in [5, 5.41) is 0. The average Bonchev–Trinajstić information content (AvgIpc) is 2.19. The molecule has 0 aliphatic rings. The number of halogens is 1. The molecule has 1 atom stereocenters. The van der Waals surface area contributed by atoms with Crippen LogP contribution >= 0.6 is 15.9 Å². The molecule has 1 unspecified atom stereocenters. The Bertz CT molecular complexity index is 528. The minimum absolute atomic E-state index is 0.408. The third-order valence-electron chi connectivity index (χ3n) is 2.34. The highest BCUT2D eigenvalue weighted by Gasteiger charge is 2.26. The summed E-state index contributed by atoms with van der Waals surface area (Å²) < 4.78 is 25.5. The van der Waals surface area contributed by atoms with E-state index in [4.69, 9.17) is 5.73 Å². The van der Waals surface area contributed by atoms with Crippen LogP contribution in [0.1, 0.15) is 6.92 Å². The van der Waals surface area contributed by atoms with Crippen molar-refractivity contribution < 1.29 is 8.42 Å². The number of nitrogens with two attached hydrogens (primary N) is 1. The van der Waals surface area contributed by atoms with Gasteiger partial charge in [0.25, 0.3) is 0 Å². The first-order chi connectivity index (χ1) is 7.75. The van der Waals surface area contributed by atoms with Gasteiger partial charge >= 0.3 is 0 Å². The van der Waals surface area contributed by atoms with E-state index in [2.05, 4.69) is 22.5 Å². The first-order valence-electron chi connectivity index (χ1n) is 4.93. The number of sulfonamides is 1. The van der Waals surface area contributed by atoms with Gasteiger partial charge < -0.3 is 5.73 Å². The fourth-order valence-electron chi connectivity index (χ4n) is 1.49. The summed E-state index contributed by atoms with van der Waals surface area (Å²) >= 11 is 3.21. The van der Waals surface area contributed by atoms with Crippen molar-refractivity contribution in [1.82, 2.24) is 0 Å². The van der Waals surface area contributed by atoms with Crippen molar-refractivity contribution in [3.63, 3.8) is 0 Å². The minimum Gasteiger partial charge on any atom is -0.397 e. The van der Waals surface area contributed by atoms with E-state index in [1.165, 1.54) is 4.31 Å². The molecular formula is C11H15BrN2O2S. The third kappa shape index (κ3) is 3.23. The van der Waals surface area contributed by atoms with Crippen LogP contribution in [0.2, 0.25) is 0 Å². The summed E-state index contributed by atoms with van der Waals surface area (Å²) in [6, 6.07) is 6.43. The molecule has 0 aliphatic carbocycles. The third-order valence-corrected chi connectivity index (χ3v) is 4.23.